The molecule has 2 aliphatic carbocycles. The Bertz CT molecular complexity index is 516. The van der Waals surface area contributed by atoms with E-state index < -0.39 is 5.41 Å². The number of rotatable bonds is 3. The summed E-state index contributed by atoms with van der Waals surface area (Å²) >= 11 is 0. The Labute approximate surface area is 126 Å². The lowest BCUT2D eigenvalue weighted by Crippen LogP contribution is -2.52. The van der Waals surface area contributed by atoms with E-state index in [0.717, 1.165) is 43.6 Å². The Kier molecular flexibility index (Phi) is 4.01. The minimum atomic E-state index is -0.481. The molecule has 0 spiro atoms. The first-order chi connectivity index (χ1) is 10.1. The highest BCUT2D eigenvalue weighted by molar-refractivity contribution is 5.89. The van der Waals surface area contributed by atoms with Crippen LogP contribution in [0.1, 0.15) is 57.4 Å². The molecule has 2 fully saturated rings. The molecule has 114 valence electrons. The second-order valence-electron chi connectivity index (χ2n) is 6.88. The Balaban J connectivity index is 1.72. The molecule has 2 saturated carbocycles. The van der Waals surface area contributed by atoms with Gasteiger partial charge in [0.1, 0.15) is 5.82 Å². The number of carbonyl (C=O) groups excluding carboxylic acids is 1. The van der Waals surface area contributed by atoms with Gasteiger partial charge in [0.05, 0.1) is 5.41 Å². The molecule has 0 heterocycles. The average molecular weight is 289 g/mol. The molecule has 0 bridgehead atoms. The summed E-state index contributed by atoms with van der Waals surface area (Å²) < 4.78 is 13.5. The average Bonchev–Trinajstić information content (AvgIpc) is 2.40. The Morgan fingerprint density at radius 2 is 1.95 bits per heavy atom. The fraction of sp³-hybridized carbons (Fsp3) is 0.611. The molecular weight excluding hydrogens is 265 g/mol. The standard InChI is InChI=1S/C18H24FNO/c1-13-6-8-16(9-7-13)20-17(21)18(10-3-11-18)14-4-2-5-15(19)12-14/h2,4-5,12-13,16H,3,6-11H2,1H3,(H,20,21). The first-order valence-corrected chi connectivity index (χ1v) is 8.17. The van der Waals surface area contributed by atoms with Gasteiger partial charge in [-0.25, -0.2) is 4.39 Å². The first-order valence-electron chi connectivity index (χ1n) is 8.17. The number of nitrogens with one attached hydrogen (secondary N) is 1. The van der Waals surface area contributed by atoms with Crippen LogP contribution < -0.4 is 5.32 Å². The van der Waals surface area contributed by atoms with Crippen molar-refractivity contribution in [2.75, 3.05) is 0 Å². The van der Waals surface area contributed by atoms with Crippen LogP contribution in [0.15, 0.2) is 24.3 Å². The molecule has 3 heteroatoms. The molecule has 1 N–H and O–H groups in total. The van der Waals surface area contributed by atoms with Crippen LogP contribution in [0.5, 0.6) is 0 Å². The number of hydrogen-bond donors (Lipinski definition) is 1. The molecule has 1 aromatic rings. The Morgan fingerprint density at radius 1 is 1.24 bits per heavy atom. The zero-order valence-electron chi connectivity index (χ0n) is 12.7. The van der Waals surface area contributed by atoms with Gasteiger partial charge in [0.15, 0.2) is 0 Å². The highest BCUT2D eigenvalue weighted by atomic mass is 19.1. The number of carbonyl (C=O) groups is 1. The van der Waals surface area contributed by atoms with Crippen LogP contribution >= 0.6 is 0 Å². The van der Waals surface area contributed by atoms with Gasteiger partial charge in [0.2, 0.25) is 5.91 Å². The van der Waals surface area contributed by atoms with E-state index in [9.17, 15) is 9.18 Å². The number of hydrogen-bond acceptors (Lipinski definition) is 1. The summed E-state index contributed by atoms with van der Waals surface area (Å²) in [5, 5.41) is 3.24. The van der Waals surface area contributed by atoms with Gasteiger partial charge < -0.3 is 5.32 Å². The third-order valence-electron chi connectivity index (χ3n) is 5.37. The van der Waals surface area contributed by atoms with Crippen LogP contribution in [-0.4, -0.2) is 11.9 Å². The molecule has 0 atom stereocenters. The maximum atomic E-state index is 13.5. The molecule has 0 aromatic heterocycles. The molecule has 3 rings (SSSR count). The van der Waals surface area contributed by atoms with Crippen molar-refractivity contribution in [3.05, 3.63) is 35.6 Å². The molecule has 2 nitrogen and oxygen atoms in total. The summed E-state index contributed by atoms with van der Waals surface area (Å²) in [6.07, 6.45) is 7.26. The van der Waals surface area contributed by atoms with Crippen LogP contribution in [0.4, 0.5) is 4.39 Å². The second kappa shape index (κ2) is 5.78. The second-order valence-corrected chi connectivity index (χ2v) is 6.88. The van der Waals surface area contributed by atoms with Gasteiger partial charge in [-0.15, -0.1) is 0 Å². The van der Waals surface area contributed by atoms with Crippen molar-refractivity contribution < 1.29 is 9.18 Å². The van der Waals surface area contributed by atoms with E-state index in [-0.39, 0.29) is 11.7 Å². The quantitative estimate of drug-likeness (QED) is 0.897. The SMILES string of the molecule is CC1CCC(NC(=O)C2(c3cccc(F)c3)CCC2)CC1. The van der Waals surface area contributed by atoms with E-state index in [1.54, 1.807) is 6.07 Å². The van der Waals surface area contributed by atoms with Crippen LogP contribution in [0.3, 0.4) is 0 Å². The van der Waals surface area contributed by atoms with Crippen LogP contribution in [0, 0.1) is 11.7 Å². The van der Waals surface area contributed by atoms with Gasteiger partial charge in [0, 0.05) is 6.04 Å². The van der Waals surface area contributed by atoms with Crippen LogP contribution in [-0.2, 0) is 10.2 Å². The number of benzene rings is 1. The van der Waals surface area contributed by atoms with E-state index in [1.807, 2.05) is 6.07 Å². The maximum Gasteiger partial charge on any atom is 0.230 e. The summed E-state index contributed by atoms with van der Waals surface area (Å²) in [6.45, 7) is 2.28. The van der Waals surface area contributed by atoms with Crippen molar-refractivity contribution in [3.8, 4) is 0 Å². The zero-order chi connectivity index (χ0) is 14.9. The van der Waals surface area contributed by atoms with Crippen molar-refractivity contribution in [1.29, 1.82) is 0 Å². The Hall–Kier alpha value is -1.38. The van der Waals surface area contributed by atoms with E-state index in [1.165, 1.54) is 25.0 Å². The third kappa shape index (κ3) is 2.83. The minimum absolute atomic E-state index is 0.110. The maximum absolute atomic E-state index is 13.5. The fourth-order valence-electron chi connectivity index (χ4n) is 3.69. The topological polar surface area (TPSA) is 29.1 Å². The van der Waals surface area contributed by atoms with Gasteiger partial charge in [-0.05, 0) is 62.1 Å². The Morgan fingerprint density at radius 3 is 2.52 bits per heavy atom. The molecule has 0 radical (unpaired) electrons. The van der Waals surface area contributed by atoms with Crippen molar-refractivity contribution in [1.82, 2.24) is 5.32 Å². The summed E-state index contributed by atoms with van der Waals surface area (Å²) in [5.41, 5.74) is 0.362. The fourth-order valence-corrected chi connectivity index (χ4v) is 3.69. The third-order valence-corrected chi connectivity index (χ3v) is 5.37. The normalized spacial score (nSPS) is 27.7. The van der Waals surface area contributed by atoms with Crippen molar-refractivity contribution >= 4 is 5.91 Å². The lowest BCUT2D eigenvalue weighted by atomic mass is 9.63. The predicted molar refractivity (Wildman–Crippen MR) is 81.5 cm³/mol. The van der Waals surface area contributed by atoms with E-state index in [2.05, 4.69) is 12.2 Å². The van der Waals surface area contributed by atoms with E-state index in [0.29, 0.717) is 6.04 Å². The predicted octanol–water partition coefficient (Wildman–Crippen LogP) is 3.94. The van der Waals surface area contributed by atoms with Gasteiger partial charge in [-0.2, -0.15) is 0 Å². The minimum Gasteiger partial charge on any atom is -0.353 e. The molecule has 0 aliphatic heterocycles. The smallest absolute Gasteiger partial charge is 0.230 e. The van der Waals surface area contributed by atoms with Gasteiger partial charge in [0.25, 0.3) is 0 Å². The lowest BCUT2D eigenvalue weighted by Gasteiger charge is -2.42. The molecule has 2 aliphatic rings. The summed E-state index contributed by atoms with van der Waals surface area (Å²) in [4.78, 5) is 12.8. The number of halogens is 1. The van der Waals surface area contributed by atoms with Crippen molar-refractivity contribution in [3.63, 3.8) is 0 Å². The van der Waals surface area contributed by atoms with Crippen LogP contribution in [0.2, 0.25) is 0 Å². The van der Waals surface area contributed by atoms with Gasteiger partial charge >= 0.3 is 0 Å². The highest BCUT2D eigenvalue weighted by Crippen LogP contribution is 2.44. The largest absolute Gasteiger partial charge is 0.353 e. The monoisotopic (exact) mass is 289 g/mol. The van der Waals surface area contributed by atoms with Crippen molar-refractivity contribution in [2.24, 2.45) is 5.92 Å². The van der Waals surface area contributed by atoms with Crippen molar-refractivity contribution in [2.45, 2.75) is 63.3 Å². The zero-order valence-corrected chi connectivity index (χ0v) is 12.7. The van der Waals surface area contributed by atoms with Gasteiger partial charge in [-0.3, -0.25) is 4.79 Å². The highest BCUT2D eigenvalue weighted by Gasteiger charge is 2.46. The lowest BCUT2D eigenvalue weighted by molar-refractivity contribution is -0.131. The van der Waals surface area contributed by atoms with Crippen LogP contribution in [0.25, 0.3) is 0 Å². The molecule has 21 heavy (non-hydrogen) atoms. The van der Waals surface area contributed by atoms with E-state index in [4.69, 9.17) is 0 Å². The summed E-state index contributed by atoms with van der Waals surface area (Å²) in [6, 6.07) is 6.88. The van der Waals surface area contributed by atoms with Gasteiger partial charge in [-0.1, -0.05) is 25.5 Å². The summed E-state index contributed by atoms with van der Waals surface area (Å²) in [7, 11) is 0. The summed E-state index contributed by atoms with van der Waals surface area (Å²) in [5.74, 6) is 0.635. The first kappa shape index (κ1) is 14.6. The number of amides is 1. The van der Waals surface area contributed by atoms with E-state index >= 15 is 0 Å². The molecular formula is C18H24FNO. The molecule has 0 unspecified atom stereocenters. The molecule has 1 amide bonds. The molecule has 0 saturated heterocycles. The molecule has 1 aromatic carbocycles.